The minimum Gasteiger partial charge on any atom is -0.494 e. The second-order valence-corrected chi connectivity index (χ2v) is 6.20. The monoisotopic (exact) mass is 369 g/mol. The van der Waals surface area contributed by atoms with Crippen LogP contribution in [0.1, 0.15) is 22.3 Å². The Kier molecular flexibility index (Phi) is 6.28. The fourth-order valence-corrected chi connectivity index (χ4v) is 2.65. The highest BCUT2D eigenvalue weighted by Gasteiger charge is 2.09. The predicted molar refractivity (Wildman–Crippen MR) is 102 cm³/mol. The lowest BCUT2D eigenvalue weighted by Gasteiger charge is -2.06. The van der Waals surface area contributed by atoms with E-state index in [1.807, 2.05) is 54.6 Å². The van der Waals surface area contributed by atoms with Crippen LogP contribution in [0.3, 0.4) is 0 Å². The van der Waals surface area contributed by atoms with E-state index in [0.29, 0.717) is 30.3 Å². The van der Waals surface area contributed by atoms with E-state index in [1.54, 1.807) is 17.1 Å². The Morgan fingerprint density at radius 1 is 1.12 bits per heavy atom. The molecule has 2 aromatic carbocycles. The molecule has 0 atom stereocenters. The number of ether oxygens (including phenoxy) is 1. The second kappa shape index (κ2) is 9.06. The molecule has 0 aliphatic rings. The molecule has 0 fully saturated rings. The number of hydrogen-bond donors (Lipinski definition) is 1. The van der Waals surface area contributed by atoms with Crippen molar-refractivity contribution in [2.24, 2.45) is 0 Å². The van der Waals surface area contributed by atoms with Gasteiger partial charge in [-0.15, -0.1) is 0 Å². The van der Waals surface area contributed by atoms with Crippen LogP contribution in [0.15, 0.2) is 67.0 Å². The maximum atomic E-state index is 12.2. The molecule has 0 aliphatic carbocycles. The van der Waals surface area contributed by atoms with Crippen LogP contribution >= 0.6 is 11.6 Å². The molecule has 5 nitrogen and oxygen atoms in total. The van der Waals surface area contributed by atoms with Gasteiger partial charge in [0.1, 0.15) is 5.75 Å². The summed E-state index contributed by atoms with van der Waals surface area (Å²) >= 11 is 6.15. The lowest BCUT2D eigenvalue weighted by molar-refractivity contribution is 0.0951. The molecule has 3 rings (SSSR count). The highest BCUT2D eigenvalue weighted by Crippen LogP contribution is 2.16. The SMILES string of the molecule is O=C(NCCCOc1ccccc1)c1cnn(Cc2ccccc2Cl)c1. The molecule has 0 bridgehead atoms. The van der Waals surface area contributed by atoms with Gasteiger partial charge in [0.05, 0.1) is 24.9 Å². The maximum absolute atomic E-state index is 12.2. The van der Waals surface area contributed by atoms with Crippen molar-refractivity contribution in [2.75, 3.05) is 13.2 Å². The number of carbonyl (C=O) groups excluding carboxylic acids is 1. The average Bonchev–Trinajstić information content (AvgIpc) is 3.13. The van der Waals surface area contributed by atoms with E-state index < -0.39 is 0 Å². The summed E-state index contributed by atoms with van der Waals surface area (Å²) in [6.07, 6.45) is 4.01. The van der Waals surface area contributed by atoms with Gasteiger partial charge in [0.15, 0.2) is 0 Å². The van der Waals surface area contributed by atoms with E-state index in [2.05, 4.69) is 10.4 Å². The third kappa shape index (κ3) is 5.10. The first-order valence-electron chi connectivity index (χ1n) is 8.44. The highest BCUT2D eigenvalue weighted by molar-refractivity contribution is 6.31. The topological polar surface area (TPSA) is 56.1 Å². The van der Waals surface area contributed by atoms with Crippen LogP contribution in [0.4, 0.5) is 0 Å². The molecule has 1 heterocycles. The molecular formula is C20H20ClN3O2. The molecule has 1 N–H and O–H groups in total. The number of benzene rings is 2. The van der Waals surface area contributed by atoms with Crippen LogP contribution in [0.5, 0.6) is 5.75 Å². The van der Waals surface area contributed by atoms with Gasteiger partial charge in [0, 0.05) is 17.8 Å². The number of para-hydroxylation sites is 1. The van der Waals surface area contributed by atoms with Crippen LogP contribution < -0.4 is 10.1 Å². The molecule has 0 aliphatic heterocycles. The predicted octanol–water partition coefficient (Wildman–Crippen LogP) is 3.78. The van der Waals surface area contributed by atoms with Crippen molar-refractivity contribution in [3.8, 4) is 5.75 Å². The number of amides is 1. The van der Waals surface area contributed by atoms with Gasteiger partial charge in [-0.2, -0.15) is 5.10 Å². The van der Waals surface area contributed by atoms with Crippen molar-refractivity contribution in [2.45, 2.75) is 13.0 Å². The van der Waals surface area contributed by atoms with Gasteiger partial charge in [-0.3, -0.25) is 9.48 Å². The normalized spacial score (nSPS) is 10.5. The van der Waals surface area contributed by atoms with Gasteiger partial charge in [0.25, 0.3) is 5.91 Å². The molecule has 0 unspecified atom stereocenters. The Balaban J connectivity index is 1.42. The molecule has 0 saturated carbocycles. The van der Waals surface area contributed by atoms with Gasteiger partial charge in [-0.25, -0.2) is 0 Å². The van der Waals surface area contributed by atoms with E-state index in [-0.39, 0.29) is 5.91 Å². The Bertz CT molecular complexity index is 849. The Hall–Kier alpha value is -2.79. The van der Waals surface area contributed by atoms with Crippen molar-refractivity contribution < 1.29 is 9.53 Å². The van der Waals surface area contributed by atoms with Gasteiger partial charge < -0.3 is 10.1 Å². The van der Waals surface area contributed by atoms with Crippen molar-refractivity contribution in [1.82, 2.24) is 15.1 Å². The van der Waals surface area contributed by atoms with E-state index in [0.717, 1.165) is 17.7 Å². The first kappa shape index (κ1) is 18.0. The summed E-state index contributed by atoms with van der Waals surface area (Å²) in [4.78, 5) is 12.2. The summed E-state index contributed by atoms with van der Waals surface area (Å²) in [7, 11) is 0. The van der Waals surface area contributed by atoms with E-state index in [9.17, 15) is 4.79 Å². The fraction of sp³-hybridized carbons (Fsp3) is 0.200. The van der Waals surface area contributed by atoms with Crippen molar-refractivity contribution in [3.05, 3.63) is 83.1 Å². The van der Waals surface area contributed by atoms with Crippen LogP contribution in [-0.4, -0.2) is 28.8 Å². The standard InChI is InChI=1S/C20H20ClN3O2/c21-19-10-5-4-7-16(19)14-24-15-17(13-23-24)20(25)22-11-6-12-26-18-8-2-1-3-9-18/h1-5,7-10,13,15H,6,11-12,14H2,(H,22,25). The molecule has 6 heteroatoms. The Labute approximate surface area is 157 Å². The van der Waals surface area contributed by atoms with Crippen LogP contribution in [0.25, 0.3) is 0 Å². The zero-order valence-electron chi connectivity index (χ0n) is 14.3. The summed E-state index contributed by atoms with van der Waals surface area (Å²) in [5.74, 6) is 0.690. The third-order valence-electron chi connectivity index (χ3n) is 3.80. The maximum Gasteiger partial charge on any atom is 0.254 e. The number of rotatable bonds is 8. The van der Waals surface area contributed by atoms with Crippen molar-refractivity contribution in [3.63, 3.8) is 0 Å². The lowest BCUT2D eigenvalue weighted by Crippen LogP contribution is -2.25. The van der Waals surface area contributed by atoms with Crippen molar-refractivity contribution >= 4 is 17.5 Å². The van der Waals surface area contributed by atoms with Gasteiger partial charge >= 0.3 is 0 Å². The number of nitrogens with zero attached hydrogens (tertiary/aromatic N) is 2. The molecule has 1 amide bonds. The first-order valence-corrected chi connectivity index (χ1v) is 8.82. The van der Waals surface area contributed by atoms with Gasteiger partial charge in [-0.1, -0.05) is 48.0 Å². The second-order valence-electron chi connectivity index (χ2n) is 5.79. The quantitative estimate of drug-likeness (QED) is 0.615. The third-order valence-corrected chi connectivity index (χ3v) is 4.17. The molecule has 0 saturated heterocycles. The Morgan fingerprint density at radius 2 is 1.88 bits per heavy atom. The van der Waals surface area contributed by atoms with Crippen LogP contribution in [0, 0.1) is 0 Å². The number of nitrogens with one attached hydrogen (secondary N) is 1. The molecule has 1 aromatic heterocycles. The number of aromatic nitrogens is 2. The van der Waals surface area contributed by atoms with Crippen molar-refractivity contribution in [1.29, 1.82) is 0 Å². The molecular weight excluding hydrogens is 350 g/mol. The minimum absolute atomic E-state index is 0.143. The first-order chi connectivity index (χ1) is 12.7. The smallest absolute Gasteiger partial charge is 0.254 e. The van der Waals surface area contributed by atoms with Crippen LogP contribution in [0.2, 0.25) is 5.02 Å². The highest BCUT2D eigenvalue weighted by atomic mass is 35.5. The van der Waals surface area contributed by atoms with Gasteiger partial charge in [-0.05, 0) is 30.2 Å². The average molecular weight is 370 g/mol. The summed E-state index contributed by atoms with van der Waals surface area (Å²) in [6.45, 7) is 1.62. The summed E-state index contributed by atoms with van der Waals surface area (Å²) < 4.78 is 7.30. The fourth-order valence-electron chi connectivity index (χ4n) is 2.45. The number of halogens is 1. The number of hydrogen-bond acceptors (Lipinski definition) is 3. The molecule has 0 radical (unpaired) electrons. The minimum atomic E-state index is -0.143. The number of carbonyl (C=O) groups is 1. The van der Waals surface area contributed by atoms with E-state index in [4.69, 9.17) is 16.3 Å². The molecule has 134 valence electrons. The van der Waals surface area contributed by atoms with E-state index in [1.165, 1.54) is 0 Å². The summed E-state index contributed by atoms with van der Waals surface area (Å²) in [5, 5.41) is 7.79. The largest absolute Gasteiger partial charge is 0.494 e. The zero-order valence-corrected chi connectivity index (χ0v) is 15.0. The van der Waals surface area contributed by atoms with E-state index >= 15 is 0 Å². The Morgan fingerprint density at radius 3 is 2.69 bits per heavy atom. The molecule has 0 spiro atoms. The van der Waals surface area contributed by atoms with Crippen LogP contribution in [-0.2, 0) is 6.54 Å². The molecule has 26 heavy (non-hydrogen) atoms. The molecule has 3 aromatic rings. The van der Waals surface area contributed by atoms with Gasteiger partial charge in [0.2, 0.25) is 0 Å². The zero-order chi connectivity index (χ0) is 18.2. The summed E-state index contributed by atoms with van der Waals surface area (Å²) in [6, 6.07) is 17.2. The lowest BCUT2D eigenvalue weighted by atomic mass is 10.2. The summed E-state index contributed by atoms with van der Waals surface area (Å²) in [5.41, 5.74) is 1.49.